The fourth-order valence-corrected chi connectivity index (χ4v) is 4.24. The van der Waals surface area contributed by atoms with Crippen LogP contribution in [0, 0.1) is 0 Å². The topological polar surface area (TPSA) is 41.9 Å². The molecule has 1 saturated heterocycles. The van der Waals surface area contributed by atoms with E-state index in [9.17, 15) is 5.11 Å². The van der Waals surface area contributed by atoms with Gasteiger partial charge in [-0.15, -0.1) is 0 Å². The second-order valence-electron chi connectivity index (χ2n) is 6.40. The summed E-state index contributed by atoms with van der Waals surface area (Å²) < 4.78 is 10.8. The molecule has 3 atom stereocenters. The first-order chi connectivity index (χ1) is 10.1. The third-order valence-corrected chi connectivity index (χ3v) is 5.46. The van der Waals surface area contributed by atoms with Gasteiger partial charge in [-0.25, -0.2) is 0 Å². The summed E-state index contributed by atoms with van der Waals surface area (Å²) in [5.74, 6) is 1.57. The van der Waals surface area contributed by atoms with Crippen molar-refractivity contribution in [3.05, 3.63) is 23.8 Å². The number of ether oxygens (including phenoxy) is 2. The highest BCUT2D eigenvalue weighted by Crippen LogP contribution is 2.49. The van der Waals surface area contributed by atoms with Gasteiger partial charge < -0.3 is 19.5 Å². The van der Waals surface area contributed by atoms with Crippen molar-refractivity contribution in [1.82, 2.24) is 4.90 Å². The molecule has 1 saturated carbocycles. The standard InChI is InChI=1S/C17H25NO3/c1-18-9-8-17(7-6-13(19)11-16(17)18)12-4-5-14(20-2)15(10-12)21-3/h4-5,10,13,16,19H,6-9,11H2,1-3H3/t13-,16-,17?/m0/s1. The van der Waals surface area contributed by atoms with E-state index >= 15 is 0 Å². The Hall–Kier alpha value is -1.26. The number of fused-ring (bicyclic) bond motifs is 1. The van der Waals surface area contributed by atoms with Gasteiger partial charge in [0.05, 0.1) is 20.3 Å². The van der Waals surface area contributed by atoms with E-state index < -0.39 is 0 Å². The number of aliphatic hydroxyl groups excluding tert-OH is 1. The molecule has 2 aliphatic rings. The molecule has 116 valence electrons. The fraction of sp³-hybridized carbons (Fsp3) is 0.647. The Kier molecular flexibility index (Phi) is 3.84. The maximum Gasteiger partial charge on any atom is 0.161 e. The number of benzene rings is 1. The lowest BCUT2D eigenvalue weighted by atomic mass is 9.65. The quantitative estimate of drug-likeness (QED) is 0.927. The number of methoxy groups -OCH3 is 2. The Labute approximate surface area is 126 Å². The second-order valence-corrected chi connectivity index (χ2v) is 6.40. The van der Waals surface area contributed by atoms with Crippen molar-refractivity contribution in [2.24, 2.45) is 0 Å². The molecule has 21 heavy (non-hydrogen) atoms. The van der Waals surface area contributed by atoms with Crippen LogP contribution in [-0.4, -0.2) is 50.0 Å². The summed E-state index contributed by atoms with van der Waals surface area (Å²) in [6.07, 6.45) is 3.78. The summed E-state index contributed by atoms with van der Waals surface area (Å²) in [5.41, 5.74) is 1.47. The van der Waals surface area contributed by atoms with Crippen LogP contribution in [0.5, 0.6) is 11.5 Å². The minimum Gasteiger partial charge on any atom is -0.493 e. The average molecular weight is 291 g/mol. The summed E-state index contributed by atoms with van der Waals surface area (Å²) in [7, 11) is 5.52. The van der Waals surface area contributed by atoms with Crippen LogP contribution in [-0.2, 0) is 5.41 Å². The molecule has 1 aromatic carbocycles. The molecule has 3 rings (SSSR count). The highest BCUT2D eigenvalue weighted by atomic mass is 16.5. The van der Waals surface area contributed by atoms with Crippen LogP contribution in [0.2, 0.25) is 0 Å². The number of likely N-dealkylation sites (N-methyl/N-ethyl adjacent to an activating group) is 1. The van der Waals surface area contributed by atoms with Crippen LogP contribution in [0.15, 0.2) is 18.2 Å². The molecule has 0 spiro atoms. The van der Waals surface area contributed by atoms with Gasteiger partial charge in [0.2, 0.25) is 0 Å². The first-order valence-electron chi connectivity index (χ1n) is 7.71. The van der Waals surface area contributed by atoms with Crippen molar-refractivity contribution in [2.45, 2.75) is 43.2 Å². The van der Waals surface area contributed by atoms with Gasteiger partial charge in [0.1, 0.15) is 0 Å². The van der Waals surface area contributed by atoms with Gasteiger partial charge in [0, 0.05) is 11.5 Å². The molecule has 4 nitrogen and oxygen atoms in total. The third-order valence-electron chi connectivity index (χ3n) is 5.46. The molecule has 2 fully saturated rings. The van der Waals surface area contributed by atoms with Crippen molar-refractivity contribution in [1.29, 1.82) is 0 Å². The average Bonchev–Trinajstić information content (AvgIpc) is 2.85. The Balaban J connectivity index is 2.01. The Morgan fingerprint density at radius 3 is 2.67 bits per heavy atom. The maximum absolute atomic E-state index is 10.0. The third kappa shape index (κ3) is 2.30. The predicted molar refractivity (Wildman–Crippen MR) is 82.1 cm³/mol. The van der Waals surface area contributed by atoms with Gasteiger partial charge >= 0.3 is 0 Å². The summed E-state index contributed by atoms with van der Waals surface area (Å²) in [5, 5.41) is 10.0. The first-order valence-corrected chi connectivity index (χ1v) is 7.71. The molecule has 1 aliphatic heterocycles. The molecule has 1 unspecified atom stereocenters. The summed E-state index contributed by atoms with van der Waals surface area (Å²) in [4.78, 5) is 2.40. The number of likely N-dealkylation sites (tertiary alicyclic amines) is 1. The van der Waals surface area contributed by atoms with Crippen molar-refractivity contribution < 1.29 is 14.6 Å². The van der Waals surface area contributed by atoms with Crippen LogP contribution in [0.3, 0.4) is 0 Å². The number of aliphatic hydroxyl groups is 1. The van der Waals surface area contributed by atoms with Crippen LogP contribution < -0.4 is 9.47 Å². The van der Waals surface area contributed by atoms with Crippen LogP contribution in [0.1, 0.15) is 31.2 Å². The van der Waals surface area contributed by atoms with E-state index in [1.165, 1.54) is 5.56 Å². The lowest BCUT2D eigenvalue weighted by Crippen LogP contribution is -2.47. The summed E-state index contributed by atoms with van der Waals surface area (Å²) in [6.45, 7) is 1.09. The van der Waals surface area contributed by atoms with Crippen molar-refractivity contribution in [2.75, 3.05) is 27.8 Å². The number of hydrogen-bond acceptors (Lipinski definition) is 4. The molecule has 0 radical (unpaired) electrons. The van der Waals surface area contributed by atoms with Gasteiger partial charge in [-0.3, -0.25) is 0 Å². The molecule has 0 bridgehead atoms. The normalized spacial score (nSPS) is 32.8. The number of nitrogens with zero attached hydrogens (tertiary/aromatic N) is 1. The van der Waals surface area contributed by atoms with Gasteiger partial charge in [-0.05, 0) is 57.0 Å². The summed E-state index contributed by atoms with van der Waals surface area (Å²) >= 11 is 0. The van der Waals surface area contributed by atoms with Crippen LogP contribution >= 0.6 is 0 Å². The molecule has 0 amide bonds. The van der Waals surface area contributed by atoms with E-state index in [2.05, 4.69) is 24.1 Å². The van der Waals surface area contributed by atoms with Gasteiger partial charge in [0.25, 0.3) is 0 Å². The van der Waals surface area contributed by atoms with Crippen molar-refractivity contribution in [3.8, 4) is 11.5 Å². The fourth-order valence-electron chi connectivity index (χ4n) is 4.24. The molecule has 1 aliphatic carbocycles. The Bertz CT molecular complexity index is 519. The highest BCUT2D eigenvalue weighted by Gasteiger charge is 2.50. The summed E-state index contributed by atoms with van der Waals surface area (Å²) in [6, 6.07) is 6.72. The SMILES string of the molecule is COc1ccc(C23CC[C@H](O)C[C@@H]2N(C)CC3)cc1OC. The Morgan fingerprint density at radius 2 is 1.95 bits per heavy atom. The molecular weight excluding hydrogens is 266 g/mol. The largest absolute Gasteiger partial charge is 0.493 e. The van der Waals surface area contributed by atoms with E-state index in [4.69, 9.17) is 9.47 Å². The molecule has 4 heteroatoms. The second kappa shape index (κ2) is 5.50. The minimum atomic E-state index is -0.163. The lowest BCUT2D eigenvalue weighted by molar-refractivity contribution is 0.0566. The van der Waals surface area contributed by atoms with E-state index in [0.717, 1.165) is 43.7 Å². The Morgan fingerprint density at radius 1 is 1.19 bits per heavy atom. The monoisotopic (exact) mass is 291 g/mol. The molecule has 1 N–H and O–H groups in total. The van der Waals surface area contributed by atoms with Gasteiger partial charge in [-0.2, -0.15) is 0 Å². The minimum absolute atomic E-state index is 0.146. The maximum atomic E-state index is 10.0. The smallest absolute Gasteiger partial charge is 0.161 e. The van der Waals surface area contributed by atoms with Gasteiger partial charge in [-0.1, -0.05) is 6.07 Å². The molecule has 1 aromatic rings. The lowest BCUT2D eigenvalue weighted by Gasteiger charge is -2.43. The first kappa shape index (κ1) is 14.7. The zero-order chi connectivity index (χ0) is 15.0. The highest BCUT2D eigenvalue weighted by molar-refractivity contribution is 5.46. The van der Waals surface area contributed by atoms with E-state index in [-0.39, 0.29) is 11.5 Å². The number of hydrogen-bond donors (Lipinski definition) is 1. The zero-order valence-corrected chi connectivity index (χ0v) is 13.1. The molecule has 1 heterocycles. The van der Waals surface area contributed by atoms with Crippen molar-refractivity contribution >= 4 is 0 Å². The van der Waals surface area contributed by atoms with E-state index in [0.29, 0.717) is 6.04 Å². The van der Waals surface area contributed by atoms with Crippen molar-refractivity contribution in [3.63, 3.8) is 0 Å². The van der Waals surface area contributed by atoms with Crippen LogP contribution in [0.4, 0.5) is 0 Å². The molecular formula is C17H25NO3. The number of rotatable bonds is 3. The van der Waals surface area contributed by atoms with Gasteiger partial charge in [0.15, 0.2) is 11.5 Å². The van der Waals surface area contributed by atoms with E-state index in [1.807, 2.05) is 6.07 Å². The van der Waals surface area contributed by atoms with E-state index in [1.54, 1.807) is 14.2 Å². The molecule has 0 aromatic heterocycles. The van der Waals surface area contributed by atoms with Crippen LogP contribution in [0.25, 0.3) is 0 Å². The zero-order valence-electron chi connectivity index (χ0n) is 13.1. The predicted octanol–water partition coefficient (Wildman–Crippen LogP) is 2.19.